The molecule has 0 amide bonds. The first-order chi connectivity index (χ1) is 6.79. The Morgan fingerprint density at radius 2 is 2.00 bits per heavy atom. The number of hydrogen-bond acceptors (Lipinski definition) is 5. The molecule has 2 rings (SSSR count). The van der Waals surface area contributed by atoms with Gasteiger partial charge in [0.05, 0.1) is 17.4 Å². The van der Waals surface area contributed by atoms with E-state index in [1.165, 1.54) is 23.4 Å². The standard InChI is InChI=1S/C7H3ClN6/c8-5-2-10-7(11-3-5)14-4-12-6(1-9)13-14/h2-4H. The maximum Gasteiger partial charge on any atom is 0.252 e. The molecule has 0 aliphatic rings. The SMILES string of the molecule is N#Cc1ncn(-c2ncc(Cl)cn2)n1. The summed E-state index contributed by atoms with van der Waals surface area (Å²) in [5.74, 6) is 0.395. The molecule has 0 atom stereocenters. The Morgan fingerprint density at radius 1 is 1.29 bits per heavy atom. The van der Waals surface area contributed by atoms with E-state index in [2.05, 4.69) is 20.1 Å². The van der Waals surface area contributed by atoms with E-state index in [0.717, 1.165) is 0 Å². The lowest BCUT2D eigenvalue weighted by atomic mass is 10.7. The van der Waals surface area contributed by atoms with E-state index in [1.54, 1.807) is 6.07 Å². The zero-order chi connectivity index (χ0) is 9.97. The van der Waals surface area contributed by atoms with Crippen LogP contribution in [0.4, 0.5) is 0 Å². The Labute approximate surface area is 83.8 Å². The average Bonchev–Trinajstić information content (AvgIpc) is 2.67. The summed E-state index contributed by atoms with van der Waals surface area (Å²) in [6.07, 6.45) is 4.25. The number of nitrogens with zero attached hydrogens (tertiary/aromatic N) is 6. The van der Waals surface area contributed by atoms with Crippen molar-refractivity contribution in [1.29, 1.82) is 5.26 Å². The van der Waals surface area contributed by atoms with Crippen LogP contribution in [0.15, 0.2) is 18.7 Å². The van der Waals surface area contributed by atoms with Gasteiger partial charge in [-0.2, -0.15) is 9.94 Å². The minimum atomic E-state index is 0.0727. The van der Waals surface area contributed by atoms with E-state index in [-0.39, 0.29) is 5.82 Å². The highest BCUT2D eigenvalue weighted by atomic mass is 35.5. The lowest BCUT2D eigenvalue weighted by Crippen LogP contribution is -2.00. The second-order valence-corrected chi connectivity index (χ2v) is 2.76. The van der Waals surface area contributed by atoms with Gasteiger partial charge in [-0.1, -0.05) is 11.6 Å². The van der Waals surface area contributed by atoms with E-state index in [4.69, 9.17) is 16.9 Å². The van der Waals surface area contributed by atoms with Crippen molar-refractivity contribution in [1.82, 2.24) is 24.7 Å². The third kappa shape index (κ3) is 1.53. The largest absolute Gasteiger partial charge is 0.252 e. The van der Waals surface area contributed by atoms with E-state index in [9.17, 15) is 0 Å². The van der Waals surface area contributed by atoms with E-state index in [0.29, 0.717) is 11.0 Å². The van der Waals surface area contributed by atoms with Crippen LogP contribution in [0.2, 0.25) is 5.02 Å². The molecule has 0 saturated heterocycles. The predicted octanol–water partition coefficient (Wildman–Crippen LogP) is 0.582. The molecule has 68 valence electrons. The molecule has 0 saturated carbocycles. The monoisotopic (exact) mass is 206 g/mol. The summed E-state index contributed by atoms with van der Waals surface area (Å²) < 4.78 is 1.30. The van der Waals surface area contributed by atoms with Crippen molar-refractivity contribution in [2.24, 2.45) is 0 Å². The zero-order valence-electron chi connectivity index (χ0n) is 6.79. The topological polar surface area (TPSA) is 80.3 Å². The molecule has 6 nitrogen and oxygen atoms in total. The summed E-state index contributed by atoms with van der Waals surface area (Å²) in [5, 5.41) is 12.7. The Bertz CT molecular complexity index is 482. The molecule has 14 heavy (non-hydrogen) atoms. The van der Waals surface area contributed by atoms with Crippen LogP contribution in [0.25, 0.3) is 5.95 Å². The highest BCUT2D eigenvalue weighted by Gasteiger charge is 2.03. The quantitative estimate of drug-likeness (QED) is 0.682. The first-order valence-electron chi connectivity index (χ1n) is 3.59. The van der Waals surface area contributed by atoms with Gasteiger partial charge in [0.1, 0.15) is 12.4 Å². The molecule has 0 N–H and O–H groups in total. The molecule has 0 spiro atoms. The van der Waals surface area contributed by atoms with Crippen molar-refractivity contribution >= 4 is 11.6 Å². The number of halogens is 1. The Kier molecular flexibility index (Phi) is 2.08. The fourth-order valence-electron chi connectivity index (χ4n) is 0.834. The third-order valence-electron chi connectivity index (χ3n) is 1.40. The molecule has 2 aromatic rings. The molecule has 0 bridgehead atoms. The van der Waals surface area contributed by atoms with Gasteiger partial charge in [0.15, 0.2) is 0 Å². The van der Waals surface area contributed by atoms with Gasteiger partial charge in [-0.15, -0.1) is 5.10 Å². The van der Waals surface area contributed by atoms with Gasteiger partial charge in [-0.05, 0) is 0 Å². The van der Waals surface area contributed by atoms with Crippen molar-refractivity contribution < 1.29 is 0 Å². The van der Waals surface area contributed by atoms with Gasteiger partial charge < -0.3 is 0 Å². The first kappa shape index (κ1) is 8.59. The first-order valence-corrected chi connectivity index (χ1v) is 3.97. The second-order valence-electron chi connectivity index (χ2n) is 2.33. The van der Waals surface area contributed by atoms with Crippen molar-refractivity contribution in [2.75, 3.05) is 0 Å². The third-order valence-corrected chi connectivity index (χ3v) is 1.60. The molecular formula is C7H3ClN6. The number of hydrogen-bond donors (Lipinski definition) is 0. The average molecular weight is 207 g/mol. The van der Waals surface area contributed by atoms with Crippen LogP contribution in [0, 0.1) is 11.3 Å². The van der Waals surface area contributed by atoms with Crippen LogP contribution < -0.4 is 0 Å². The predicted molar refractivity (Wildman–Crippen MR) is 46.7 cm³/mol. The van der Waals surface area contributed by atoms with Gasteiger partial charge >= 0.3 is 0 Å². The van der Waals surface area contributed by atoms with Crippen molar-refractivity contribution in [3.8, 4) is 12.0 Å². The molecule has 0 aliphatic heterocycles. The van der Waals surface area contributed by atoms with Gasteiger partial charge in [-0.3, -0.25) is 0 Å². The van der Waals surface area contributed by atoms with Crippen molar-refractivity contribution in [3.63, 3.8) is 0 Å². The van der Waals surface area contributed by atoms with Gasteiger partial charge in [0.2, 0.25) is 0 Å². The number of nitriles is 1. The molecule has 2 heterocycles. The lowest BCUT2D eigenvalue weighted by molar-refractivity contribution is 0.802. The maximum absolute atomic E-state index is 8.49. The zero-order valence-corrected chi connectivity index (χ0v) is 7.55. The minimum absolute atomic E-state index is 0.0727. The van der Waals surface area contributed by atoms with E-state index in [1.807, 2.05) is 0 Å². The van der Waals surface area contributed by atoms with Crippen LogP contribution in [-0.2, 0) is 0 Å². The molecule has 0 aromatic carbocycles. The molecule has 2 aromatic heterocycles. The van der Waals surface area contributed by atoms with Crippen LogP contribution in [0.3, 0.4) is 0 Å². The molecule has 0 aliphatic carbocycles. The molecular weight excluding hydrogens is 204 g/mol. The van der Waals surface area contributed by atoms with Crippen molar-refractivity contribution in [3.05, 3.63) is 29.6 Å². The molecule has 7 heteroatoms. The Morgan fingerprint density at radius 3 is 2.57 bits per heavy atom. The lowest BCUT2D eigenvalue weighted by Gasteiger charge is -1.95. The summed E-state index contributed by atoms with van der Waals surface area (Å²) in [4.78, 5) is 11.5. The molecule has 0 fully saturated rings. The van der Waals surface area contributed by atoms with Crippen LogP contribution >= 0.6 is 11.6 Å². The van der Waals surface area contributed by atoms with Crippen LogP contribution in [0.1, 0.15) is 5.82 Å². The second kappa shape index (κ2) is 3.40. The van der Waals surface area contributed by atoms with Gasteiger partial charge in [0.25, 0.3) is 11.8 Å². The van der Waals surface area contributed by atoms with Crippen LogP contribution in [0.5, 0.6) is 0 Å². The summed E-state index contributed by atoms with van der Waals surface area (Å²) in [7, 11) is 0. The number of rotatable bonds is 1. The smallest absolute Gasteiger partial charge is 0.218 e. The van der Waals surface area contributed by atoms with Gasteiger partial charge in [0, 0.05) is 0 Å². The maximum atomic E-state index is 8.49. The highest BCUT2D eigenvalue weighted by Crippen LogP contribution is 2.04. The fraction of sp³-hybridized carbons (Fsp3) is 0. The molecule has 0 radical (unpaired) electrons. The number of aromatic nitrogens is 5. The summed E-state index contributed by atoms with van der Waals surface area (Å²) in [5.41, 5.74) is 0. The van der Waals surface area contributed by atoms with E-state index < -0.39 is 0 Å². The van der Waals surface area contributed by atoms with E-state index >= 15 is 0 Å². The Balaban J connectivity index is 2.40. The summed E-state index contributed by atoms with van der Waals surface area (Å²) in [6, 6.07) is 1.80. The fourth-order valence-corrected chi connectivity index (χ4v) is 0.932. The van der Waals surface area contributed by atoms with Crippen molar-refractivity contribution in [2.45, 2.75) is 0 Å². The summed E-state index contributed by atoms with van der Waals surface area (Å²) >= 11 is 5.61. The Hall–Kier alpha value is -2.00. The summed E-state index contributed by atoms with van der Waals surface area (Å²) in [6.45, 7) is 0. The molecule has 0 unspecified atom stereocenters. The normalized spacial score (nSPS) is 9.71. The highest BCUT2D eigenvalue weighted by molar-refractivity contribution is 6.30. The minimum Gasteiger partial charge on any atom is -0.218 e. The van der Waals surface area contributed by atoms with Crippen LogP contribution in [-0.4, -0.2) is 24.7 Å². The van der Waals surface area contributed by atoms with Gasteiger partial charge in [-0.25, -0.2) is 15.0 Å².